The van der Waals surface area contributed by atoms with Crippen LogP contribution in [0.4, 0.5) is 5.69 Å². The fourth-order valence-corrected chi connectivity index (χ4v) is 2.88. The predicted octanol–water partition coefficient (Wildman–Crippen LogP) is 3.21. The zero-order chi connectivity index (χ0) is 12.8. The Bertz CT molecular complexity index is 356. The van der Waals surface area contributed by atoms with E-state index in [0.717, 1.165) is 12.5 Å². The molecule has 18 heavy (non-hydrogen) atoms. The molecule has 1 heterocycles. The largest absolute Gasteiger partial charge is 0.372 e. The van der Waals surface area contributed by atoms with E-state index in [9.17, 15) is 0 Å². The van der Waals surface area contributed by atoms with Gasteiger partial charge in [-0.25, -0.2) is 0 Å². The van der Waals surface area contributed by atoms with E-state index in [2.05, 4.69) is 48.3 Å². The molecule has 0 saturated carbocycles. The van der Waals surface area contributed by atoms with Gasteiger partial charge in [-0.2, -0.15) is 0 Å². The van der Waals surface area contributed by atoms with Gasteiger partial charge in [-0.1, -0.05) is 18.2 Å². The molecular formula is C16H26N2. The molecule has 1 aromatic rings. The molecular weight excluding hydrogens is 220 g/mol. The lowest BCUT2D eigenvalue weighted by atomic mass is 9.94. The summed E-state index contributed by atoms with van der Waals surface area (Å²) in [6.45, 7) is 9.20. The van der Waals surface area contributed by atoms with Gasteiger partial charge >= 0.3 is 0 Å². The maximum Gasteiger partial charge on any atom is 0.0395 e. The Morgan fingerprint density at radius 2 is 1.94 bits per heavy atom. The molecule has 1 aliphatic rings. The molecule has 1 aromatic carbocycles. The van der Waals surface area contributed by atoms with Crippen molar-refractivity contribution in [1.29, 1.82) is 0 Å². The SMILES string of the molecule is CCN(CCC1CCNCC1)c1ccccc1C. The first-order valence-corrected chi connectivity index (χ1v) is 7.32. The van der Waals surface area contributed by atoms with Crippen molar-refractivity contribution in [2.75, 3.05) is 31.1 Å². The number of aryl methyl sites for hydroxylation is 1. The fourth-order valence-electron chi connectivity index (χ4n) is 2.88. The number of benzene rings is 1. The van der Waals surface area contributed by atoms with Crippen LogP contribution in [-0.2, 0) is 0 Å². The summed E-state index contributed by atoms with van der Waals surface area (Å²) < 4.78 is 0. The smallest absolute Gasteiger partial charge is 0.0395 e. The van der Waals surface area contributed by atoms with Crippen molar-refractivity contribution >= 4 is 5.69 Å². The first-order valence-electron chi connectivity index (χ1n) is 7.32. The van der Waals surface area contributed by atoms with Crippen LogP contribution in [0, 0.1) is 12.8 Å². The van der Waals surface area contributed by atoms with Gasteiger partial charge in [-0.3, -0.25) is 0 Å². The number of piperidine rings is 1. The third-order valence-corrected chi connectivity index (χ3v) is 4.10. The molecule has 1 fully saturated rings. The van der Waals surface area contributed by atoms with Crippen molar-refractivity contribution in [2.24, 2.45) is 5.92 Å². The van der Waals surface area contributed by atoms with Gasteiger partial charge in [0.1, 0.15) is 0 Å². The van der Waals surface area contributed by atoms with Gasteiger partial charge in [0.15, 0.2) is 0 Å². The zero-order valence-corrected chi connectivity index (χ0v) is 11.8. The Labute approximate surface area is 111 Å². The van der Waals surface area contributed by atoms with E-state index >= 15 is 0 Å². The minimum atomic E-state index is 0.921. The van der Waals surface area contributed by atoms with Gasteiger partial charge in [-0.05, 0) is 63.7 Å². The summed E-state index contributed by atoms with van der Waals surface area (Å²) in [5.41, 5.74) is 2.80. The molecule has 0 unspecified atom stereocenters. The molecule has 0 amide bonds. The summed E-state index contributed by atoms with van der Waals surface area (Å²) in [4.78, 5) is 2.53. The van der Waals surface area contributed by atoms with Crippen molar-refractivity contribution in [1.82, 2.24) is 5.32 Å². The highest BCUT2D eigenvalue weighted by molar-refractivity contribution is 5.52. The molecule has 1 N–H and O–H groups in total. The van der Waals surface area contributed by atoms with Crippen molar-refractivity contribution < 1.29 is 0 Å². The van der Waals surface area contributed by atoms with E-state index in [4.69, 9.17) is 0 Å². The highest BCUT2D eigenvalue weighted by Crippen LogP contribution is 2.22. The third-order valence-electron chi connectivity index (χ3n) is 4.10. The number of hydrogen-bond donors (Lipinski definition) is 1. The molecule has 0 bridgehead atoms. The first-order chi connectivity index (χ1) is 8.81. The number of rotatable bonds is 5. The van der Waals surface area contributed by atoms with E-state index in [1.807, 2.05) is 0 Å². The average Bonchev–Trinajstić information content (AvgIpc) is 2.42. The lowest BCUT2D eigenvalue weighted by molar-refractivity contribution is 0.355. The summed E-state index contributed by atoms with van der Waals surface area (Å²) in [5, 5.41) is 3.44. The van der Waals surface area contributed by atoms with Crippen LogP contribution in [0.2, 0.25) is 0 Å². The summed E-state index contributed by atoms with van der Waals surface area (Å²) in [6.07, 6.45) is 4.04. The highest BCUT2D eigenvalue weighted by atomic mass is 15.1. The number of nitrogens with zero attached hydrogens (tertiary/aromatic N) is 1. The van der Waals surface area contributed by atoms with E-state index in [0.29, 0.717) is 0 Å². The van der Waals surface area contributed by atoms with Gasteiger partial charge in [0.25, 0.3) is 0 Å². The average molecular weight is 246 g/mol. The van der Waals surface area contributed by atoms with E-state index in [1.165, 1.54) is 50.1 Å². The number of para-hydroxylation sites is 1. The van der Waals surface area contributed by atoms with Crippen LogP contribution in [-0.4, -0.2) is 26.2 Å². The van der Waals surface area contributed by atoms with Crippen LogP contribution in [0.25, 0.3) is 0 Å². The van der Waals surface area contributed by atoms with Crippen LogP contribution in [0.3, 0.4) is 0 Å². The van der Waals surface area contributed by atoms with Crippen LogP contribution < -0.4 is 10.2 Å². The Kier molecular flexibility index (Phi) is 5.06. The fraction of sp³-hybridized carbons (Fsp3) is 0.625. The minimum absolute atomic E-state index is 0.921. The second kappa shape index (κ2) is 6.79. The molecule has 0 aromatic heterocycles. The second-order valence-corrected chi connectivity index (χ2v) is 5.35. The van der Waals surface area contributed by atoms with Crippen LogP contribution in [0.5, 0.6) is 0 Å². The maximum absolute atomic E-state index is 3.44. The molecule has 0 radical (unpaired) electrons. The Balaban J connectivity index is 1.91. The van der Waals surface area contributed by atoms with Crippen molar-refractivity contribution in [3.63, 3.8) is 0 Å². The van der Waals surface area contributed by atoms with Gasteiger partial charge in [0.05, 0.1) is 0 Å². The highest BCUT2D eigenvalue weighted by Gasteiger charge is 2.14. The van der Waals surface area contributed by atoms with Gasteiger partial charge < -0.3 is 10.2 Å². The quantitative estimate of drug-likeness (QED) is 0.858. The van der Waals surface area contributed by atoms with E-state index in [-0.39, 0.29) is 0 Å². The lowest BCUT2D eigenvalue weighted by Gasteiger charge is -2.29. The summed E-state index contributed by atoms with van der Waals surface area (Å²) in [5.74, 6) is 0.921. The van der Waals surface area contributed by atoms with Crippen LogP contribution >= 0.6 is 0 Å². The van der Waals surface area contributed by atoms with Crippen LogP contribution in [0.15, 0.2) is 24.3 Å². The number of nitrogens with one attached hydrogen (secondary N) is 1. The molecule has 0 aliphatic carbocycles. The number of anilines is 1. The third kappa shape index (κ3) is 3.49. The zero-order valence-electron chi connectivity index (χ0n) is 11.8. The van der Waals surface area contributed by atoms with Gasteiger partial charge in [-0.15, -0.1) is 0 Å². The summed E-state index contributed by atoms with van der Waals surface area (Å²) >= 11 is 0. The predicted molar refractivity (Wildman–Crippen MR) is 79.3 cm³/mol. The van der Waals surface area contributed by atoms with E-state index < -0.39 is 0 Å². The molecule has 2 rings (SSSR count). The molecule has 1 aliphatic heterocycles. The monoisotopic (exact) mass is 246 g/mol. The normalized spacial score (nSPS) is 16.8. The molecule has 2 nitrogen and oxygen atoms in total. The lowest BCUT2D eigenvalue weighted by Crippen LogP contribution is -2.31. The minimum Gasteiger partial charge on any atom is -0.372 e. The Morgan fingerprint density at radius 1 is 1.22 bits per heavy atom. The summed E-state index contributed by atoms with van der Waals surface area (Å²) in [6, 6.07) is 8.73. The Morgan fingerprint density at radius 3 is 2.61 bits per heavy atom. The molecule has 2 heteroatoms. The number of hydrogen-bond acceptors (Lipinski definition) is 2. The molecule has 0 atom stereocenters. The van der Waals surface area contributed by atoms with Crippen LogP contribution in [0.1, 0.15) is 31.7 Å². The maximum atomic E-state index is 3.44. The molecule has 100 valence electrons. The standard InChI is InChI=1S/C16H26N2/c1-3-18(16-7-5-4-6-14(16)2)13-10-15-8-11-17-12-9-15/h4-7,15,17H,3,8-13H2,1-2H3. The first kappa shape index (κ1) is 13.4. The van der Waals surface area contributed by atoms with Gasteiger partial charge in [0, 0.05) is 18.8 Å². The second-order valence-electron chi connectivity index (χ2n) is 5.35. The molecule has 1 saturated heterocycles. The molecule has 0 spiro atoms. The van der Waals surface area contributed by atoms with Crippen molar-refractivity contribution in [3.05, 3.63) is 29.8 Å². The topological polar surface area (TPSA) is 15.3 Å². The van der Waals surface area contributed by atoms with E-state index in [1.54, 1.807) is 0 Å². The van der Waals surface area contributed by atoms with Crippen molar-refractivity contribution in [3.8, 4) is 0 Å². The summed E-state index contributed by atoms with van der Waals surface area (Å²) in [7, 11) is 0. The van der Waals surface area contributed by atoms with Crippen molar-refractivity contribution in [2.45, 2.75) is 33.1 Å². The Hall–Kier alpha value is -1.02. The van der Waals surface area contributed by atoms with Gasteiger partial charge in [0.2, 0.25) is 0 Å².